The molecule has 0 fully saturated rings. The van der Waals surface area contributed by atoms with E-state index in [0.717, 1.165) is 29.2 Å². The van der Waals surface area contributed by atoms with Crippen molar-refractivity contribution in [1.29, 1.82) is 0 Å². The lowest BCUT2D eigenvalue weighted by atomic mass is 10.1. The molecule has 0 bridgehead atoms. The van der Waals surface area contributed by atoms with E-state index in [0.29, 0.717) is 0 Å². The van der Waals surface area contributed by atoms with Crippen LogP contribution in [0.1, 0.15) is 10.4 Å². The van der Waals surface area contributed by atoms with Crippen molar-refractivity contribution in [2.75, 3.05) is 11.6 Å². The molecule has 30 heavy (non-hydrogen) atoms. The molecule has 3 aromatic rings. The molecule has 4 N–H and O–H groups in total. The molecule has 0 saturated carbocycles. The Morgan fingerprint density at radius 2 is 1.53 bits per heavy atom. The zero-order valence-electron chi connectivity index (χ0n) is 15.2. The second-order valence-corrected chi connectivity index (χ2v) is 9.87. The molecule has 0 aliphatic rings. The average molecular weight is 470 g/mol. The maximum Gasteiger partial charge on any atom is 0.294 e. The summed E-state index contributed by atoms with van der Waals surface area (Å²) >= 11 is 1.41. The maximum atomic E-state index is 12.7. The van der Waals surface area contributed by atoms with Gasteiger partial charge < -0.3 is 10.4 Å². The number of rotatable bonds is 5. The van der Waals surface area contributed by atoms with Crippen molar-refractivity contribution in [3.05, 3.63) is 54.1 Å². The molecule has 0 spiro atoms. The van der Waals surface area contributed by atoms with Crippen LogP contribution in [0.15, 0.2) is 63.2 Å². The van der Waals surface area contributed by atoms with Gasteiger partial charge in [-0.1, -0.05) is 6.07 Å². The molecular formula is C18H15NO8S3. The minimum Gasteiger partial charge on any atom is -0.507 e. The summed E-state index contributed by atoms with van der Waals surface area (Å²) in [6.45, 7) is 0. The van der Waals surface area contributed by atoms with E-state index in [1.807, 2.05) is 6.26 Å². The van der Waals surface area contributed by atoms with Crippen LogP contribution in [-0.4, -0.2) is 43.2 Å². The lowest BCUT2D eigenvalue weighted by Crippen LogP contribution is -2.13. The third-order valence-electron chi connectivity index (χ3n) is 4.15. The third kappa shape index (κ3) is 4.57. The van der Waals surface area contributed by atoms with Crippen molar-refractivity contribution in [3.8, 4) is 5.75 Å². The summed E-state index contributed by atoms with van der Waals surface area (Å²) in [6, 6.07) is 10.1. The van der Waals surface area contributed by atoms with Crippen LogP contribution in [0.5, 0.6) is 5.75 Å². The number of phenolic OH excluding ortho intramolecular Hbond substituents is 1. The van der Waals surface area contributed by atoms with Crippen LogP contribution in [0.25, 0.3) is 10.8 Å². The summed E-state index contributed by atoms with van der Waals surface area (Å²) in [6.07, 6.45) is 1.82. The maximum absolute atomic E-state index is 12.7. The standard InChI is InChI=1S/C18H15NO8S3/c1-28-12-4-2-3-10(5-12)18(21)19-15-8-13(29(22,23)24)6-11-7-14(30(25,26)27)9-16(20)17(11)15/h2-9,20H,1H3,(H,19,21)(H,22,23,24)(H,25,26,27). The lowest BCUT2D eigenvalue weighted by Gasteiger charge is -2.13. The molecule has 0 heterocycles. The van der Waals surface area contributed by atoms with Gasteiger partial charge in [0.15, 0.2) is 0 Å². The van der Waals surface area contributed by atoms with Crippen LogP contribution in [0.2, 0.25) is 0 Å². The van der Waals surface area contributed by atoms with Gasteiger partial charge in [-0.05, 0) is 48.0 Å². The molecule has 0 unspecified atom stereocenters. The molecule has 1 amide bonds. The van der Waals surface area contributed by atoms with E-state index < -0.39 is 41.7 Å². The van der Waals surface area contributed by atoms with E-state index in [1.54, 1.807) is 18.2 Å². The van der Waals surface area contributed by atoms with Gasteiger partial charge in [-0.2, -0.15) is 16.8 Å². The van der Waals surface area contributed by atoms with Crippen LogP contribution >= 0.6 is 11.8 Å². The molecule has 0 aromatic heterocycles. The van der Waals surface area contributed by atoms with Crippen molar-refractivity contribution >= 4 is 54.4 Å². The number of hydrogen-bond acceptors (Lipinski definition) is 7. The summed E-state index contributed by atoms with van der Waals surface area (Å²) in [5, 5.41) is 12.6. The van der Waals surface area contributed by atoms with Gasteiger partial charge in [-0.3, -0.25) is 13.9 Å². The van der Waals surface area contributed by atoms with E-state index in [2.05, 4.69) is 5.32 Å². The van der Waals surface area contributed by atoms with Crippen LogP contribution in [-0.2, 0) is 20.2 Å². The minimum absolute atomic E-state index is 0.0795. The Balaban J connectivity index is 2.22. The van der Waals surface area contributed by atoms with Crippen molar-refractivity contribution in [3.63, 3.8) is 0 Å². The molecule has 0 saturated heterocycles. The summed E-state index contributed by atoms with van der Waals surface area (Å²) in [4.78, 5) is 12.1. The van der Waals surface area contributed by atoms with E-state index in [-0.39, 0.29) is 22.0 Å². The number of amides is 1. The van der Waals surface area contributed by atoms with Crippen LogP contribution in [0.4, 0.5) is 5.69 Å². The number of benzene rings is 3. The third-order valence-corrected chi connectivity index (χ3v) is 6.54. The Hall–Kier alpha value is -2.64. The Morgan fingerprint density at radius 1 is 0.933 bits per heavy atom. The van der Waals surface area contributed by atoms with E-state index >= 15 is 0 Å². The van der Waals surface area contributed by atoms with Gasteiger partial charge in [-0.15, -0.1) is 11.8 Å². The fourth-order valence-corrected chi connectivity index (χ4v) is 4.33. The number of hydrogen-bond donors (Lipinski definition) is 4. The highest BCUT2D eigenvalue weighted by Gasteiger charge is 2.21. The average Bonchev–Trinajstić information content (AvgIpc) is 2.66. The van der Waals surface area contributed by atoms with Gasteiger partial charge in [0.2, 0.25) is 0 Å². The molecule has 9 nitrogen and oxygen atoms in total. The van der Waals surface area contributed by atoms with Crippen LogP contribution in [0.3, 0.4) is 0 Å². The zero-order valence-corrected chi connectivity index (χ0v) is 17.7. The lowest BCUT2D eigenvalue weighted by molar-refractivity contribution is 0.102. The second-order valence-electron chi connectivity index (χ2n) is 6.15. The first-order chi connectivity index (χ1) is 13.9. The van der Waals surface area contributed by atoms with E-state index in [9.17, 15) is 35.8 Å². The Morgan fingerprint density at radius 3 is 2.10 bits per heavy atom. The first kappa shape index (κ1) is 22.1. The Labute approximate surface area is 176 Å². The van der Waals surface area contributed by atoms with Gasteiger partial charge in [0, 0.05) is 21.9 Å². The van der Waals surface area contributed by atoms with Gasteiger partial charge in [-0.25, -0.2) is 0 Å². The molecule has 0 radical (unpaired) electrons. The quantitative estimate of drug-likeness (QED) is 0.325. The highest BCUT2D eigenvalue weighted by Crippen LogP contribution is 2.37. The van der Waals surface area contributed by atoms with Crippen LogP contribution in [0, 0.1) is 0 Å². The number of phenols is 1. The van der Waals surface area contributed by atoms with Crippen molar-refractivity contribution in [2.45, 2.75) is 14.7 Å². The number of nitrogens with one attached hydrogen (secondary N) is 1. The largest absolute Gasteiger partial charge is 0.507 e. The Kier molecular flexibility index (Phi) is 5.80. The number of carbonyl (C=O) groups excluding carboxylic acids is 1. The second kappa shape index (κ2) is 7.89. The fourth-order valence-electron chi connectivity index (χ4n) is 2.79. The molecule has 3 rings (SSSR count). The smallest absolute Gasteiger partial charge is 0.294 e. The predicted molar refractivity (Wildman–Crippen MR) is 111 cm³/mol. The first-order valence-corrected chi connectivity index (χ1v) is 12.2. The van der Waals surface area contributed by atoms with E-state index in [1.165, 1.54) is 17.8 Å². The van der Waals surface area contributed by atoms with Crippen LogP contribution < -0.4 is 5.32 Å². The molecule has 0 aliphatic heterocycles. The normalized spacial score (nSPS) is 12.1. The minimum atomic E-state index is -4.74. The first-order valence-electron chi connectivity index (χ1n) is 8.11. The molecule has 0 aliphatic carbocycles. The SMILES string of the molecule is CSc1cccc(C(=O)Nc2cc(S(=O)(=O)O)cc3cc(S(=O)(=O)O)cc(O)c23)c1. The van der Waals surface area contributed by atoms with Gasteiger partial charge in [0.25, 0.3) is 26.1 Å². The number of thioether (sulfide) groups is 1. The Bertz CT molecular complexity index is 1380. The highest BCUT2D eigenvalue weighted by atomic mass is 32.2. The summed E-state index contributed by atoms with van der Waals surface area (Å²) < 4.78 is 64.8. The van der Waals surface area contributed by atoms with Crippen molar-refractivity contribution < 1.29 is 35.8 Å². The molecule has 12 heteroatoms. The molecule has 0 atom stereocenters. The zero-order chi connectivity index (χ0) is 22.3. The number of aromatic hydroxyl groups is 1. The van der Waals surface area contributed by atoms with E-state index in [4.69, 9.17) is 0 Å². The highest BCUT2D eigenvalue weighted by molar-refractivity contribution is 7.98. The van der Waals surface area contributed by atoms with Crippen molar-refractivity contribution in [2.24, 2.45) is 0 Å². The van der Waals surface area contributed by atoms with Gasteiger partial charge in [0.05, 0.1) is 15.5 Å². The number of carbonyl (C=O) groups is 1. The van der Waals surface area contributed by atoms with Gasteiger partial charge >= 0.3 is 0 Å². The monoisotopic (exact) mass is 469 g/mol. The summed E-state index contributed by atoms with van der Waals surface area (Å²) in [7, 11) is -9.45. The fraction of sp³-hybridized carbons (Fsp3) is 0.0556. The molecule has 3 aromatic carbocycles. The predicted octanol–water partition coefficient (Wildman–Crippen LogP) is 3.01. The van der Waals surface area contributed by atoms with Crippen molar-refractivity contribution in [1.82, 2.24) is 0 Å². The summed E-state index contributed by atoms with van der Waals surface area (Å²) in [5.41, 5.74) is 0.0698. The number of anilines is 1. The number of fused-ring (bicyclic) bond motifs is 1. The van der Waals surface area contributed by atoms with Gasteiger partial charge in [0.1, 0.15) is 5.75 Å². The summed E-state index contributed by atoms with van der Waals surface area (Å²) in [5.74, 6) is -1.26. The molecule has 158 valence electrons. The molecular weight excluding hydrogens is 454 g/mol. The topological polar surface area (TPSA) is 158 Å².